The number of aryl methyl sites for hydroxylation is 2. The first-order valence-corrected chi connectivity index (χ1v) is 12.9. The Balaban J connectivity index is 1.90. The van der Waals surface area contributed by atoms with Crippen molar-refractivity contribution in [2.75, 3.05) is 71.6 Å². The second-order valence-electron chi connectivity index (χ2n) is 10.4. The van der Waals surface area contributed by atoms with Gasteiger partial charge in [0.05, 0.1) is 0 Å². The van der Waals surface area contributed by atoms with Gasteiger partial charge in [0.15, 0.2) is 5.78 Å². The van der Waals surface area contributed by atoms with Crippen LogP contribution < -0.4 is 10.2 Å². The highest BCUT2D eigenvalue weighted by Crippen LogP contribution is 2.29. The number of anilines is 2. The zero-order chi connectivity index (χ0) is 26.9. The predicted molar refractivity (Wildman–Crippen MR) is 160 cm³/mol. The predicted octanol–water partition coefficient (Wildman–Crippen LogP) is 5.84. The van der Waals surface area contributed by atoms with Crippen molar-refractivity contribution in [1.82, 2.24) is 9.80 Å². The zero-order valence-corrected chi connectivity index (χ0v) is 23.5. The lowest BCUT2D eigenvalue weighted by Crippen LogP contribution is -2.29. The normalized spacial score (nSPS) is 11.5. The molecule has 0 saturated heterocycles. The molecule has 0 aromatic heterocycles. The van der Waals surface area contributed by atoms with Crippen LogP contribution in [0.15, 0.2) is 66.7 Å². The summed E-state index contributed by atoms with van der Waals surface area (Å²) in [7, 11) is 10.3. The summed E-state index contributed by atoms with van der Waals surface area (Å²) < 4.78 is 0. The van der Waals surface area contributed by atoms with E-state index in [9.17, 15) is 4.79 Å². The van der Waals surface area contributed by atoms with E-state index in [2.05, 4.69) is 112 Å². The molecule has 3 aromatic carbocycles. The van der Waals surface area contributed by atoms with Gasteiger partial charge in [0.25, 0.3) is 0 Å². The smallest absolute Gasteiger partial charge is 0.187 e. The Kier molecular flexibility index (Phi) is 10.1. The number of ketones is 1. The van der Waals surface area contributed by atoms with Gasteiger partial charge < -0.3 is 20.0 Å². The van der Waals surface area contributed by atoms with Crippen molar-refractivity contribution >= 4 is 23.2 Å². The summed E-state index contributed by atoms with van der Waals surface area (Å²) in [6.07, 6.45) is 3.61. The second kappa shape index (κ2) is 13.2. The molecule has 196 valence electrons. The van der Waals surface area contributed by atoms with E-state index in [0.717, 1.165) is 59.8 Å². The van der Waals surface area contributed by atoms with Crippen LogP contribution in [0.5, 0.6) is 0 Å². The third kappa shape index (κ3) is 8.59. The van der Waals surface area contributed by atoms with Crippen molar-refractivity contribution in [3.63, 3.8) is 0 Å². The van der Waals surface area contributed by atoms with Gasteiger partial charge in [-0.2, -0.15) is 0 Å². The number of nitrogens with one attached hydrogen (secondary N) is 1. The first-order chi connectivity index (χ1) is 17.6. The summed E-state index contributed by atoms with van der Waals surface area (Å²) in [5, 5.41) is 3.45. The zero-order valence-electron chi connectivity index (χ0n) is 23.5. The highest BCUT2D eigenvalue weighted by atomic mass is 16.1. The summed E-state index contributed by atoms with van der Waals surface area (Å²) in [5.41, 5.74) is 8.34. The van der Waals surface area contributed by atoms with Crippen LogP contribution >= 0.6 is 0 Å². The van der Waals surface area contributed by atoms with Crippen LogP contribution in [0.4, 0.5) is 11.4 Å². The topological polar surface area (TPSA) is 38.8 Å². The number of hydrogen-bond donors (Lipinski definition) is 1. The standard InChI is InChI=1S/C32H42N4O/c1-24-19-25(2)21-28(20-24)27-12-13-31(36(7)18-17-35(5)6)30(23-27)32(37)14-11-26-9-8-10-29(22-26)33-15-16-34(3)4/h8-14,19-23,33H,15-18H2,1-7H3. The van der Waals surface area contributed by atoms with Crippen molar-refractivity contribution in [3.05, 3.63) is 89.0 Å². The molecule has 0 bridgehead atoms. The van der Waals surface area contributed by atoms with Crippen LogP contribution in [0.2, 0.25) is 0 Å². The number of carbonyl (C=O) groups excluding carboxylic acids is 1. The average molecular weight is 499 g/mol. The van der Waals surface area contributed by atoms with Gasteiger partial charge in [0.2, 0.25) is 0 Å². The van der Waals surface area contributed by atoms with Crippen LogP contribution in [0.3, 0.4) is 0 Å². The Bertz CT molecular complexity index is 1210. The van der Waals surface area contributed by atoms with E-state index in [1.54, 1.807) is 6.08 Å². The van der Waals surface area contributed by atoms with Crippen molar-refractivity contribution in [2.24, 2.45) is 0 Å². The van der Waals surface area contributed by atoms with E-state index in [1.165, 1.54) is 11.1 Å². The van der Waals surface area contributed by atoms with Gasteiger partial charge in [-0.1, -0.05) is 53.6 Å². The molecule has 0 radical (unpaired) electrons. The molecular formula is C32H42N4O. The number of allylic oxidation sites excluding steroid dienone is 1. The summed E-state index contributed by atoms with van der Waals surface area (Å²) >= 11 is 0. The number of rotatable bonds is 12. The fourth-order valence-corrected chi connectivity index (χ4v) is 4.30. The molecule has 0 saturated carbocycles. The maximum atomic E-state index is 13.6. The lowest BCUT2D eigenvalue weighted by atomic mass is 9.96. The third-order valence-corrected chi connectivity index (χ3v) is 6.31. The van der Waals surface area contributed by atoms with Crippen molar-refractivity contribution < 1.29 is 4.79 Å². The Morgan fingerprint density at radius 2 is 1.49 bits per heavy atom. The molecule has 37 heavy (non-hydrogen) atoms. The average Bonchev–Trinajstić information content (AvgIpc) is 2.85. The lowest BCUT2D eigenvalue weighted by Gasteiger charge is -2.24. The minimum atomic E-state index is 0.00361. The summed E-state index contributed by atoms with van der Waals surface area (Å²) in [6.45, 7) is 7.79. The minimum Gasteiger partial charge on any atom is -0.384 e. The van der Waals surface area contributed by atoms with E-state index in [-0.39, 0.29) is 5.78 Å². The number of nitrogens with zero attached hydrogens (tertiary/aromatic N) is 3. The van der Waals surface area contributed by atoms with Gasteiger partial charge >= 0.3 is 0 Å². The largest absolute Gasteiger partial charge is 0.384 e. The van der Waals surface area contributed by atoms with Crippen LogP contribution in [0.25, 0.3) is 17.2 Å². The van der Waals surface area contributed by atoms with Gasteiger partial charge in [-0.05, 0) is 89.1 Å². The highest BCUT2D eigenvalue weighted by molar-refractivity contribution is 6.11. The van der Waals surface area contributed by atoms with Crippen molar-refractivity contribution in [3.8, 4) is 11.1 Å². The quantitative estimate of drug-likeness (QED) is 0.251. The highest BCUT2D eigenvalue weighted by Gasteiger charge is 2.15. The molecule has 0 aliphatic carbocycles. The minimum absolute atomic E-state index is 0.00361. The molecule has 0 aliphatic heterocycles. The number of likely N-dealkylation sites (N-methyl/N-ethyl adjacent to an activating group) is 3. The lowest BCUT2D eigenvalue weighted by molar-refractivity contribution is 0.104. The number of benzene rings is 3. The van der Waals surface area contributed by atoms with Gasteiger partial charge in [-0.25, -0.2) is 0 Å². The maximum absolute atomic E-state index is 13.6. The Hall–Kier alpha value is -3.41. The monoisotopic (exact) mass is 498 g/mol. The molecule has 3 aromatic rings. The summed E-state index contributed by atoms with van der Waals surface area (Å²) in [4.78, 5) is 20.1. The van der Waals surface area contributed by atoms with Gasteiger partial charge in [-0.15, -0.1) is 0 Å². The van der Waals surface area contributed by atoms with Crippen molar-refractivity contribution in [2.45, 2.75) is 13.8 Å². The van der Waals surface area contributed by atoms with Crippen molar-refractivity contribution in [1.29, 1.82) is 0 Å². The molecule has 0 heterocycles. The SMILES string of the molecule is Cc1cc(C)cc(-c2ccc(N(C)CCN(C)C)c(C(=O)C=Cc3cccc(NCCN(C)C)c3)c2)c1. The van der Waals surface area contributed by atoms with E-state index in [0.29, 0.717) is 0 Å². The Labute approximate surface area is 223 Å². The fraction of sp³-hybridized carbons (Fsp3) is 0.344. The van der Waals surface area contributed by atoms with Crippen LogP contribution in [-0.4, -0.2) is 77.0 Å². The molecule has 0 fully saturated rings. The number of carbonyl (C=O) groups is 1. The summed E-state index contributed by atoms with van der Waals surface area (Å²) in [6, 6.07) is 21.0. The molecule has 0 aliphatic rings. The molecule has 0 amide bonds. The van der Waals surface area contributed by atoms with Gasteiger partial charge in [0.1, 0.15) is 0 Å². The molecule has 1 N–H and O–H groups in total. The second-order valence-corrected chi connectivity index (χ2v) is 10.4. The molecule has 0 atom stereocenters. The van der Waals surface area contributed by atoms with Gasteiger partial charge in [0, 0.05) is 50.2 Å². The Morgan fingerprint density at radius 3 is 2.16 bits per heavy atom. The first-order valence-electron chi connectivity index (χ1n) is 12.9. The van der Waals surface area contributed by atoms with E-state index < -0.39 is 0 Å². The first kappa shape index (κ1) is 28.2. The van der Waals surface area contributed by atoms with E-state index >= 15 is 0 Å². The Morgan fingerprint density at radius 1 is 0.784 bits per heavy atom. The molecule has 0 unspecified atom stereocenters. The summed E-state index contributed by atoms with van der Waals surface area (Å²) in [5.74, 6) is 0.00361. The van der Waals surface area contributed by atoms with Crippen LogP contribution in [-0.2, 0) is 0 Å². The fourth-order valence-electron chi connectivity index (χ4n) is 4.30. The molecule has 0 spiro atoms. The third-order valence-electron chi connectivity index (χ3n) is 6.31. The maximum Gasteiger partial charge on any atom is 0.187 e. The molecule has 3 rings (SSSR count). The van der Waals surface area contributed by atoms with Crippen LogP contribution in [0.1, 0.15) is 27.0 Å². The molecular weight excluding hydrogens is 456 g/mol. The van der Waals surface area contributed by atoms with Crippen LogP contribution in [0, 0.1) is 13.8 Å². The van der Waals surface area contributed by atoms with E-state index in [4.69, 9.17) is 0 Å². The molecule has 5 nitrogen and oxygen atoms in total. The van der Waals surface area contributed by atoms with Gasteiger partial charge in [-0.3, -0.25) is 4.79 Å². The number of hydrogen-bond acceptors (Lipinski definition) is 5. The molecule has 5 heteroatoms. The van der Waals surface area contributed by atoms with E-state index in [1.807, 2.05) is 24.3 Å².